The molecule has 2 heteroatoms. The Kier molecular flexibility index (Phi) is 4.83. The molecular formula is C7H13ClO. The zero-order valence-corrected chi connectivity index (χ0v) is 6.60. The fraction of sp³-hybridized carbons (Fsp3) is 0.714. The number of aliphatic hydroxyl groups excluding tert-OH is 1. The van der Waals surface area contributed by atoms with Crippen LogP contribution in [0.1, 0.15) is 20.3 Å². The maximum atomic E-state index is 9.10. The number of aliphatic hydroxyl groups is 1. The zero-order chi connectivity index (χ0) is 7.28. The lowest BCUT2D eigenvalue weighted by atomic mass is 10.2. The Balaban J connectivity index is 3.58. The third kappa shape index (κ3) is 3.55. The van der Waals surface area contributed by atoms with Crippen LogP contribution in [-0.4, -0.2) is 16.6 Å². The van der Waals surface area contributed by atoms with Crippen molar-refractivity contribution in [3.63, 3.8) is 0 Å². The van der Waals surface area contributed by atoms with Gasteiger partial charge in [0.1, 0.15) is 0 Å². The summed E-state index contributed by atoms with van der Waals surface area (Å²) in [6.07, 6.45) is 3.81. The van der Waals surface area contributed by atoms with Gasteiger partial charge in [0.15, 0.2) is 0 Å². The number of alkyl halides is 1. The van der Waals surface area contributed by atoms with Gasteiger partial charge in [-0.25, -0.2) is 0 Å². The van der Waals surface area contributed by atoms with Crippen LogP contribution in [0.3, 0.4) is 0 Å². The van der Waals surface area contributed by atoms with Crippen LogP contribution in [0.15, 0.2) is 12.2 Å². The van der Waals surface area contributed by atoms with Crippen LogP contribution < -0.4 is 0 Å². The highest BCUT2D eigenvalue weighted by atomic mass is 35.5. The molecule has 2 unspecified atom stereocenters. The maximum absolute atomic E-state index is 9.10. The second kappa shape index (κ2) is 4.83. The van der Waals surface area contributed by atoms with Crippen LogP contribution in [0.25, 0.3) is 0 Å². The Morgan fingerprint density at radius 1 is 1.67 bits per heavy atom. The summed E-state index contributed by atoms with van der Waals surface area (Å²) in [7, 11) is 0. The molecule has 0 fully saturated rings. The Morgan fingerprint density at radius 3 is 2.56 bits per heavy atom. The minimum absolute atomic E-state index is 0.138. The molecule has 0 spiro atoms. The normalized spacial score (nSPS) is 18.2. The first-order valence-corrected chi connectivity index (χ1v) is 3.61. The molecule has 1 nitrogen and oxygen atoms in total. The first kappa shape index (κ1) is 8.99. The van der Waals surface area contributed by atoms with E-state index in [1.165, 1.54) is 0 Å². The van der Waals surface area contributed by atoms with Crippen molar-refractivity contribution >= 4 is 11.6 Å². The van der Waals surface area contributed by atoms with E-state index in [0.29, 0.717) is 0 Å². The average Bonchev–Trinajstić information content (AvgIpc) is 1.87. The Bertz CT molecular complexity index is 90.9. The second-order valence-corrected chi connectivity index (χ2v) is 2.50. The third-order valence-electron chi connectivity index (χ3n) is 1.15. The highest BCUT2D eigenvalue weighted by Crippen LogP contribution is 2.07. The lowest BCUT2D eigenvalue weighted by Gasteiger charge is -2.09. The largest absolute Gasteiger partial charge is 0.388 e. The lowest BCUT2D eigenvalue weighted by Crippen LogP contribution is -2.16. The van der Waals surface area contributed by atoms with Crippen LogP contribution in [0, 0.1) is 0 Å². The highest BCUT2D eigenvalue weighted by Gasteiger charge is 2.08. The molecule has 9 heavy (non-hydrogen) atoms. The van der Waals surface area contributed by atoms with Gasteiger partial charge < -0.3 is 5.11 Å². The van der Waals surface area contributed by atoms with Crippen LogP contribution in [-0.2, 0) is 0 Å². The van der Waals surface area contributed by atoms with Crippen LogP contribution >= 0.6 is 11.6 Å². The quantitative estimate of drug-likeness (QED) is 0.479. The smallest absolute Gasteiger partial charge is 0.0884 e. The Morgan fingerprint density at radius 2 is 2.22 bits per heavy atom. The molecule has 0 aromatic rings. The predicted octanol–water partition coefficient (Wildman–Crippen LogP) is 1.94. The molecule has 0 aromatic carbocycles. The minimum Gasteiger partial charge on any atom is -0.388 e. The fourth-order valence-electron chi connectivity index (χ4n) is 0.559. The molecule has 0 radical (unpaired) electrons. The number of hydrogen-bond acceptors (Lipinski definition) is 1. The van der Waals surface area contributed by atoms with E-state index in [4.69, 9.17) is 16.7 Å². The standard InChI is InChI=1S/C7H13ClO/c1-3-5-7(9)6(8)4-2/h3,5-7,9H,4H2,1-2H3/b5-3+. The van der Waals surface area contributed by atoms with Gasteiger partial charge in [0.05, 0.1) is 11.5 Å². The molecule has 0 rings (SSSR count). The summed E-state index contributed by atoms with van der Waals surface area (Å²) < 4.78 is 0. The molecular weight excluding hydrogens is 136 g/mol. The molecule has 54 valence electrons. The number of halogens is 1. The molecule has 1 N–H and O–H groups in total. The van der Waals surface area contributed by atoms with Crippen LogP contribution in [0.4, 0.5) is 0 Å². The topological polar surface area (TPSA) is 20.2 Å². The van der Waals surface area contributed by atoms with Crippen molar-refractivity contribution in [1.29, 1.82) is 0 Å². The highest BCUT2D eigenvalue weighted by molar-refractivity contribution is 6.21. The summed E-state index contributed by atoms with van der Waals surface area (Å²) >= 11 is 5.69. The lowest BCUT2D eigenvalue weighted by molar-refractivity contribution is 0.215. The van der Waals surface area contributed by atoms with Gasteiger partial charge in [-0.3, -0.25) is 0 Å². The minimum atomic E-state index is -0.485. The van der Waals surface area contributed by atoms with Crippen molar-refractivity contribution in [2.45, 2.75) is 31.7 Å². The summed E-state index contributed by atoms with van der Waals surface area (Å²) in [4.78, 5) is 0. The van der Waals surface area contributed by atoms with Gasteiger partial charge >= 0.3 is 0 Å². The van der Waals surface area contributed by atoms with E-state index >= 15 is 0 Å². The Labute approximate surface area is 61.3 Å². The van der Waals surface area contributed by atoms with E-state index in [-0.39, 0.29) is 5.38 Å². The van der Waals surface area contributed by atoms with Crippen molar-refractivity contribution in [3.05, 3.63) is 12.2 Å². The van der Waals surface area contributed by atoms with Crippen molar-refractivity contribution in [3.8, 4) is 0 Å². The second-order valence-electron chi connectivity index (χ2n) is 1.94. The summed E-state index contributed by atoms with van der Waals surface area (Å²) in [6.45, 7) is 3.81. The van der Waals surface area contributed by atoms with Crippen LogP contribution in [0.5, 0.6) is 0 Å². The van der Waals surface area contributed by atoms with Gasteiger partial charge in [-0.15, -0.1) is 11.6 Å². The van der Waals surface area contributed by atoms with Gasteiger partial charge in [0, 0.05) is 0 Å². The van der Waals surface area contributed by atoms with E-state index in [0.717, 1.165) is 6.42 Å². The van der Waals surface area contributed by atoms with Gasteiger partial charge in [-0.2, -0.15) is 0 Å². The predicted molar refractivity (Wildman–Crippen MR) is 40.8 cm³/mol. The maximum Gasteiger partial charge on any atom is 0.0884 e. The van der Waals surface area contributed by atoms with Crippen LogP contribution in [0.2, 0.25) is 0 Å². The number of rotatable bonds is 3. The van der Waals surface area contributed by atoms with Gasteiger partial charge in [-0.05, 0) is 13.3 Å². The molecule has 0 aliphatic heterocycles. The van der Waals surface area contributed by atoms with Crippen molar-refractivity contribution in [1.82, 2.24) is 0 Å². The molecule has 0 aliphatic rings. The molecule has 0 bridgehead atoms. The van der Waals surface area contributed by atoms with Crippen molar-refractivity contribution in [2.75, 3.05) is 0 Å². The molecule has 2 atom stereocenters. The zero-order valence-electron chi connectivity index (χ0n) is 5.84. The average molecular weight is 149 g/mol. The first-order valence-electron chi connectivity index (χ1n) is 3.17. The van der Waals surface area contributed by atoms with E-state index in [9.17, 15) is 0 Å². The molecule has 0 heterocycles. The van der Waals surface area contributed by atoms with Crippen molar-refractivity contribution < 1.29 is 5.11 Å². The molecule has 0 saturated carbocycles. The molecule has 0 aromatic heterocycles. The van der Waals surface area contributed by atoms with Crippen molar-refractivity contribution in [2.24, 2.45) is 0 Å². The summed E-state index contributed by atoms with van der Waals surface area (Å²) in [6, 6.07) is 0. The summed E-state index contributed by atoms with van der Waals surface area (Å²) in [5.41, 5.74) is 0. The Hall–Kier alpha value is -0.0100. The third-order valence-corrected chi connectivity index (χ3v) is 1.72. The van der Waals surface area contributed by atoms with E-state index in [1.807, 2.05) is 13.8 Å². The van der Waals surface area contributed by atoms with Gasteiger partial charge in [-0.1, -0.05) is 19.1 Å². The van der Waals surface area contributed by atoms with E-state index < -0.39 is 6.10 Å². The number of hydrogen-bond donors (Lipinski definition) is 1. The first-order chi connectivity index (χ1) is 4.22. The van der Waals surface area contributed by atoms with E-state index in [1.54, 1.807) is 12.2 Å². The molecule has 0 aliphatic carbocycles. The van der Waals surface area contributed by atoms with Gasteiger partial charge in [0.25, 0.3) is 0 Å². The molecule has 0 saturated heterocycles. The fourth-order valence-corrected chi connectivity index (χ4v) is 0.643. The number of allylic oxidation sites excluding steroid dienone is 1. The monoisotopic (exact) mass is 148 g/mol. The summed E-state index contributed by atoms with van der Waals surface area (Å²) in [5.74, 6) is 0. The molecule has 0 amide bonds. The van der Waals surface area contributed by atoms with Gasteiger partial charge in [0.2, 0.25) is 0 Å². The summed E-state index contributed by atoms with van der Waals surface area (Å²) in [5, 5.41) is 8.96. The SMILES string of the molecule is C/C=C/C(O)C(Cl)CC. The van der Waals surface area contributed by atoms with E-state index in [2.05, 4.69) is 0 Å².